The maximum atomic E-state index is 4.71. The molecule has 1 aliphatic carbocycles. The van der Waals surface area contributed by atoms with Gasteiger partial charge in [-0.2, -0.15) is 0 Å². The lowest BCUT2D eigenvalue weighted by atomic mass is 10.1. The van der Waals surface area contributed by atoms with Crippen LogP contribution in [0.15, 0.2) is 54.6 Å². The molecule has 2 aromatic carbocycles. The van der Waals surface area contributed by atoms with Crippen LogP contribution in [-0.4, -0.2) is 4.98 Å². The fraction of sp³-hybridized carbons (Fsp3) is 0.0625. The highest BCUT2D eigenvalue weighted by atomic mass is 32.1. The molecule has 3 heteroatoms. The Bertz CT molecular complexity index is 732. The van der Waals surface area contributed by atoms with Crippen molar-refractivity contribution in [3.05, 3.63) is 65.9 Å². The average Bonchev–Trinajstić information content (AvgIpc) is 2.97. The first kappa shape index (κ1) is 10.8. The second-order valence-corrected chi connectivity index (χ2v) is 5.62. The van der Waals surface area contributed by atoms with Gasteiger partial charge >= 0.3 is 0 Å². The van der Waals surface area contributed by atoms with E-state index in [1.807, 2.05) is 18.2 Å². The molecule has 0 saturated carbocycles. The van der Waals surface area contributed by atoms with Gasteiger partial charge in [0.15, 0.2) is 5.13 Å². The number of thiazole rings is 1. The summed E-state index contributed by atoms with van der Waals surface area (Å²) in [5.74, 6) is 0. The second-order valence-electron chi connectivity index (χ2n) is 4.62. The normalized spacial score (nSPS) is 12.0. The van der Waals surface area contributed by atoms with Gasteiger partial charge in [-0.3, -0.25) is 0 Å². The minimum atomic E-state index is 0.957. The number of rotatable bonds is 2. The maximum Gasteiger partial charge on any atom is 0.187 e. The van der Waals surface area contributed by atoms with Crippen LogP contribution in [0, 0.1) is 0 Å². The number of para-hydroxylation sites is 1. The number of hydrogen-bond acceptors (Lipinski definition) is 3. The van der Waals surface area contributed by atoms with Crippen molar-refractivity contribution >= 4 is 22.2 Å². The fourth-order valence-electron chi connectivity index (χ4n) is 2.46. The molecule has 0 radical (unpaired) electrons. The van der Waals surface area contributed by atoms with Crippen LogP contribution in [0.1, 0.15) is 11.3 Å². The predicted octanol–water partition coefficient (Wildman–Crippen LogP) is 4.46. The van der Waals surface area contributed by atoms with Gasteiger partial charge in [0.25, 0.3) is 0 Å². The first-order chi connectivity index (χ1) is 9.40. The third kappa shape index (κ3) is 1.83. The average molecular weight is 264 g/mol. The van der Waals surface area contributed by atoms with Crippen molar-refractivity contribution in [2.45, 2.75) is 6.42 Å². The highest BCUT2D eigenvalue weighted by molar-refractivity contribution is 7.19. The first-order valence-electron chi connectivity index (χ1n) is 6.30. The highest BCUT2D eigenvalue weighted by Gasteiger charge is 2.22. The van der Waals surface area contributed by atoms with Gasteiger partial charge in [-0.25, -0.2) is 4.98 Å². The minimum absolute atomic E-state index is 0.957. The van der Waals surface area contributed by atoms with Crippen molar-refractivity contribution in [2.75, 3.05) is 5.32 Å². The lowest BCUT2D eigenvalue weighted by Crippen LogP contribution is -1.90. The molecular formula is C16H12N2S. The molecule has 1 heterocycles. The summed E-state index contributed by atoms with van der Waals surface area (Å²) < 4.78 is 0. The molecule has 0 aliphatic heterocycles. The molecule has 19 heavy (non-hydrogen) atoms. The van der Waals surface area contributed by atoms with E-state index in [1.54, 1.807) is 11.3 Å². The molecule has 2 nitrogen and oxygen atoms in total. The van der Waals surface area contributed by atoms with Gasteiger partial charge in [0.2, 0.25) is 0 Å². The topological polar surface area (TPSA) is 24.9 Å². The zero-order valence-corrected chi connectivity index (χ0v) is 11.1. The Morgan fingerprint density at radius 3 is 2.63 bits per heavy atom. The van der Waals surface area contributed by atoms with Gasteiger partial charge in [0, 0.05) is 12.1 Å². The highest BCUT2D eigenvalue weighted by Crippen LogP contribution is 2.42. The van der Waals surface area contributed by atoms with Gasteiger partial charge in [-0.15, -0.1) is 0 Å². The summed E-state index contributed by atoms with van der Waals surface area (Å²) in [6, 6.07) is 18.7. The van der Waals surface area contributed by atoms with Crippen LogP contribution in [0.4, 0.5) is 10.8 Å². The predicted molar refractivity (Wildman–Crippen MR) is 80.1 cm³/mol. The van der Waals surface area contributed by atoms with Crippen LogP contribution < -0.4 is 5.32 Å². The number of aromatic nitrogens is 1. The summed E-state index contributed by atoms with van der Waals surface area (Å²) in [6.45, 7) is 0. The number of fused-ring (bicyclic) bond motifs is 3. The van der Waals surface area contributed by atoms with Crippen molar-refractivity contribution in [2.24, 2.45) is 0 Å². The number of anilines is 2. The third-order valence-electron chi connectivity index (χ3n) is 3.34. The van der Waals surface area contributed by atoms with Crippen molar-refractivity contribution in [3.63, 3.8) is 0 Å². The molecule has 92 valence electrons. The number of nitrogens with one attached hydrogen (secondary N) is 1. The number of hydrogen-bond donors (Lipinski definition) is 1. The summed E-state index contributed by atoms with van der Waals surface area (Å²) in [4.78, 5) is 6.02. The molecule has 0 fully saturated rings. The summed E-state index contributed by atoms with van der Waals surface area (Å²) in [5.41, 5.74) is 5.02. The third-order valence-corrected chi connectivity index (χ3v) is 4.39. The zero-order valence-electron chi connectivity index (χ0n) is 10.3. The van der Waals surface area contributed by atoms with Crippen molar-refractivity contribution in [1.29, 1.82) is 0 Å². The Balaban J connectivity index is 1.69. The first-order valence-corrected chi connectivity index (χ1v) is 7.12. The molecule has 0 amide bonds. The van der Waals surface area contributed by atoms with Crippen LogP contribution in [0.2, 0.25) is 0 Å². The van der Waals surface area contributed by atoms with E-state index in [-0.39, 0.29) is 0 Å². The monoisotopic (exact) mass is 264 g/mol. The Morgan fingerprint density at radius 2 is 1.74 bits per heavy atom. The standard InChI is InChI=1S/C16H12N2S/c1-2-7-12(8-3-1)17-16-18-14-10-11-6-4-5-9-13(11)15(14)19-16/h1-9H,10H2,(H,17,18). The smallest absolute Gasteiger partial charge is 0.187 e. The van der Waals surface area contributed by atoms with Crippen LogP contribution in [0.25, 0.3) is 10.4 Å². The summed E-state index contributed by atoms with van der Waals surface area (Å²) in [5, 5.41) is 4.35. The maximum absolute atomic E-state index is 4.71. The number of benzene rings is 2. The van der Waals surface area contributed by atoms with E-state index in [1.165, 1.54) is 21.7 Å². The van der Waals surface area contributed by atoms with E-state index in [0.29, 0.717) is 0 Å². The van der Waals surface area contributed by atoms with Crippen LogP contribution >= 0.6 is 11.3 Å². The molecular weight excluding hydrogens is 252 g/mol. The number of nitrogens with zero attached hydrogens (tertiary/aromatic N) is 1. The quantitative estimate of drug-likeness (QED) is 0.578. The van der Waals surface area contributed by atoms with Gasteiger partial charge < -0.3 is 5.32 Å². The van der Waals surface area contributed by atoms with Crippen molar-refractivity contribution in [1.82, 2.24) is 4.98 Å². The zero-order chi connectivity index (χ0) is 12.7. The SMILES string of the molecule is c1ccc(Nc2nc3c(s2)-c2ccccc2C3)cc1. The van der Waals surface area contributed by atoms with E-state index >= 15 is 0 Å². The largest absolute Gasteiger partial charge is 0.332 e. The molecule has 1 N–H and O–H groups in total. The molecule has 0 saturated heterocycles. The molecule has 1 aromatic heterocycles. The van der Waals surface area contributed by atoms with Crippen LogP contribution in [0.5, 0.6) is 0 Å². The second kappa shape index (κ2) is 4.21. The Kier molecular flexibility index (Phi) is 2.38. The van der Waals surface area contributed by atoms with Crippen molar-refractivity contribution in [3.8, 4) is 10.4 Å². The molecule has 0 bridgehead atoms. The Labute approximate surface area is 115 Å². The fourth-order valence-corrected chi connectivity index (χ4v) is 3.52. The molecule has 4 rings (SSSR count). The summed E-state index contributed by atoms with van der Waals surface area (Å²) in [6.07, 6.45) is 0.957. The summed E-state index contributed by atoms with van der Waals surface area (Å²) >= 11 is 1.74. The Morgan fingerprint density at radius 1 is 0.947 bits per heavy atom. The van der Waals surface area contributed by atoms with Crippen LogP contribution in [0.3, 0.4) is 0 Å². The Hall–Kier alpha value is -2.13. The van der Waals surface area contributed by atoms with Crippen molar-refractivity contribution < 1.29 is 0 Å². The lowest BCUT2D eigenvalue weighted by molar-refractivity contribution is 1.15. The van der Waals surface area contributed by atoms with E-state index < -0.39 is 0 Å². The molecule has 1 aliphatic rings. The molecule has 0 unspecified atom stereocenters. The van der Waals surface area contributed by atoms with E-state index in [0.717, 1.165) is 17.2 Å². The molecule has 3 aromatic rings. The van der Waals surface area contributed by atoms with Gasteiger partial charge in [0.1, 0.15) is 0 Å². The van der Waals surface area contributed by atoms with Gasteiger partial charge in [-0.05, 0) is 23.3 Å². The van der Waals surface area contributed by atoms with E-state index in [4.69, 9.17) is 4.98 Å². The minimum Gasteiger partial charge on any atom is -0.332 e. The van der Waals surface area contributed by atoms with Gasteiger partial charge in [-0.1, -0.05) is 53.8 Å². The van der Waals surface area contributed by atoms with Crippen LogP contribution in [-0.2, 0) is 6.42 Å². The lowest BCUT2D eigenvalue weighted by Gasteiger charge is -2.02. The molecule has 0 atom stereocenters. The van der Waals surface area contributed by atoms with Gasteiger partial charge in [0.05, 0.1) is 10.6 Å². The summed E-state index contributed by atoms with van der Waals surface area (Å²) in [7, 11) is 0. The van der Waals surface area contributed by atoms with E-state index in [2.05, 4.69) is 41.7 Å². The van der Waals surface area contributed by atoms with E-state index in [9.17, 15) is 0 Å². The molecule has 0 spiro atoms.